The van der Waals surface area contributed by atoms with Gasteiger partial charge in [-0.25, -0.2) is 5.43 Å². The van der Waals surface area contributed by atoms with Crippen LogP contribution in [0.3, 0.4) is 0 Å². The van der Waals surface area contributed by atoms with E-state index in [9.17, 15) is 4.79 Å². The molecule has 0 bridgehead atoms. The van der Waals surface area contributed by atoms with Gasteiger partial charge in [0.15, 0.2) is 11.5 Å². The minimum Gasteiger partial charge on any atom is -0.493 e. The van der Waals surface area contributed by atoms with Crippen molar-refractivity contribution in [2.45, 2.75) is 31.6 Å². The summed E-state index contributed by atoms with van der Waals surface area (Å²) in [6.45, 7) is 0. The third-order valence-electron chi connectivity index (χ3n) is 5.01. The lowest BCUT2D eigenvalue weighted by molar-refractivity contribution is 0.0953. The Balaban J connectivity index is 1.82. The van der Waals surface area contributed by atoms with Crippen LogP contribution in [0.4, 0.5) is 0 Å². The van der Waals surface area contributed by atoms with Crippen LogP contribution in [0.15, 0.2) is 47.6 Å². The zero-order valence-electron chi connectivity index (χ0n) is 16.5. The fourth-order valence-electron chi connectivity index (χ4n) is 3.57. The Hall–Kier alpha value is -3.02. The van der Waals surface area contributed by atoms with Crippen LogP contribution in [0, 0.1) is 0 Å². The number of carbonyl (C=O) groups excluding carboxylic acids is 1. The molecule has 2 aromatic rings. The molecule has 3 rings (SSSR count). The van der Waals surface area contributed by atoms with Crippen molar-refractivity contribution < 1.29 is 19.0 Å². The topological polar surface area (TPSA) is 69.2 Å². The maximum absolute atomic E-state index is 12.7. The van der Waals surface area contributed by atoms with Gasteiger partial charge in [0.2, 0.25) is 5.75 Å². The Bertz CT molecular complexity index is 824. The maximum atomic E-state index is 12.7. The van der Waals surface area contributed by atoms with Crippen LogP contribution in [-0.4, -0.2) is 32.9 Å². The Morgan fingerprint density at radius 2 is 1.68 bits per heavy atom. The van der Waals surface area contributed by atoms with Gasteiger partial charge < -0.3 is 14.2 Å². The van der Waals surface area contributed by atoms with Crippen molar-refractivity contribution in [1.29, 1.82) is 0 Å². The molecule has 0 saturated heterocycles. The van der Waals surface area contributed by atoms with Crippen LogP contribution >= 0.6 is 0 Å². The van der Waals surface area contributed by atoms with Crippen molar-refractivity contribution in [1.82, 2.24) is 5.43 Å². The van der Waals surface area contributed by atoms with Crippen molar-refractivity contribution in [2.75, 3.05) is 21.3 Å². The molecule has 0 unspecified atom stereocenters. The second-order valence-corrected chi connectivity index (χ2v) is 6.67. The fourth-order valence-corrected chi connectivity index (χ4v) is 3.57. The monoisotopic (exact) mass is 382 g/mol. The fraction of sp³-hybridized carbons (Fsp3) is 0.364. The van der Waals surface area contributed by atoms with E-state index in [1.54, 1.807) is 12.1 Å². The summed E-state index contributed by atoms with van der Waals surface area (Å²) in [5.41, 5.74) is 5.35. The van der Waals surface area contributed by atoms with Crippen molar-refractivity contribution in [2.24, 2.45) is 5.10 Å². The summed E-state index contributed by atoms with van der Waals surface area (Å²) >= 11 is 0. The molecule has 0 heterocycles. The van der Waals surface area contributed by atoms with E-state index in [1.807, 2.05) is 18.2 Å². The van der Waals surface area contributed by atoms with E-state index in [2.05, 4.69) is 22.7 Å². The van der Waals surface area contributed by atoms with Crippen LogP contribution in [0.5, 0.6) is 17.2 Å². The molecule has 148 valence electrons. The van der Waals surface area contributed by atoms with Gasteiger partial charge in [-0.2, -0.15) is 5.10 Å². The van der Waals surface area contributed by atoms with Crippen LogP contribution < -0.4 is 19.6 Å². The largest absolute Gasteiger partial charge is 0.493 e. The highest BCUT2D eigenvalue weighted by Crippen LogP contribution is 2.38. The van der Waals surface area contributed by atoms with Gasteiger partial charge in [0.05, 0.1) is 21.3 Å². The normalized spacial score (nSPS) is 17.8. The van der Waals surface area contributed by atoms with Crippen molar-refractivity contribution in [3.05, 3.63) is 53.6 Å². The van der Waals surface area contributed by atoms with Gasteiger partial charge in [-0.15, -0.1) is 0 Å². The van der Waals surface area contributed by atoms with Crippen molar-refractivity contribution >= 4 is 11.6 Å². The molecule has 0 radical (unpaired) electrons. The third-order valence-corrected chi connectivity index (χ3v) is 5.01. The minimum atomic E-state index is -0.316. The maximum Gasteiger partial charge on any atom is 0.271 e. The predicted molar refractivity (Wildman–Crippen MR) is 109 cm³/mol. The van der Waals surface area contributed by atoms with Crippen LogP contribution in [0.25, 0.3) is 0 Å². The first-order valence-corrected chi connectivity index (χ1v) is 9.39. The molecule has 1 fully saturated rings. The smallest absolute Gasteiger partial charge is 0.271 e. The molecule has 28 heavy (non-hydrogen) atoms. The Kier molecular flexibility index (Phi) is 6.53. The SMILES string of the molecule is COc1cc(C(=O)N/N=C2/CCCC[C@@H]2c2ccccc2)cc(OC)c1OC. The number of methoxy groups -OCH3 is 3. The standard InChI is InChI=1S/C22H26N2O4/c1-26-19-13-16(14-20(27-2)21(19)28-3)22(25)24-23-18-12-8-7-11-17(18)15-9-5-4-6-10-15/h4-6,9-10,13-14,17H,7-8,11-12H2,1-3H3,(H,24,25)/b23-18-/t17-/m1/s1. The van der Waals surface area contributed by atoms with Crippen LogP contribution in [-0.2, 0) is 0 Å². The first kappa shape index (κ1) is 19.7. The average molecular weight is 382 g/mol. The van der Waals surface area contributed by atoms with Crippen molar-refractivity contribution in [3.8, 4) is 17.2 Å². The lowest BCUT2D eigenvalue weighted by Gasteiger charge is -2.24. The molecule has 2 aromatic carbocycles. The molecule has 0 spiro atoms. The second-order valence-electron chi connectivity index (χ2n) is 6.67. The number of hydrazone groups is 1. The average Bonchev–Trinajstić information content (AvgIpc) is 2.77. The number of nitrogens with zero attached hydrogens (tertiary/aromatic N) is 1. The summed E-state index contributed by atoms with van der Waals surface area (Å²) in [4.78, 5) is 12.7. The Morgan fingerprint density at radius 1 is 1.00 bits per heavy atom. The van der Waals surface area contributed by atoms with E-state index in [4.69, 9.17) is 14.2 Å². The number of nitrogens with one attached hydrogen (secondary N) is 1. The number of carbonyl (C=O) groups is 1. The number of hydrogen-bond acceptors (Lipinski definition) is 5. The Morgan fingerprint density at radius 3 is 2.29 bits per heavy atom. The molecule has 1 aliphatic carbocycles. The van der Waals surface area contributed by atoms with Gasteiger partial charge in [0.1, 0.15) is 0 Å². The highest BCUT2D eigenvalue weighted by molar-refractivity contribution is 5.98. The molecule has 0 aliphatic heterocycles. The van der Waals surface area contributed by atoms with E-state index in [0.717, 1.165) is 25.0 Å². The molecule has 6 nitrogen and oxygen atoms in total. The molecule has 1 atom stereocenters. The predicted octanol–water partition coefficient (Wildman–Crippen LogP) is 4.16. The first-order valence-electron chi connectivity index (χ1n) is 9.39. The highest BCUT2D eigenvalue weighted by Gasteiger charge is 2.23. The van der Waals surface area contributed by atoms with Crippen LogP contribution in [0.2, 0.25) is 0 Å². The lowest BCUT2D eigenvalue weighted by atomic mass is 9.82. The highest BCUT2D eigenvalue weighted by atomic mass is 16.5. The minimum absolute atomic E-state index is 0.246. The molecule has 0 aromatic heterocycles. The summed E-state index contributed by atoms with van der Waals surface area (Å²) in [7, 11) is 4.57. The summed E-state index contributed by atoms with van der Waals surface area (Å²) < 4.78 is 15.9. The third kappa shape index (κ3) is 4.27. The number of amides is 1. The molecule has 1 amide bonds. The van der Waals surface area contributed by atoms with E-state index >= 15 is 0 Å². The van der Waals surface area contributed by atoms with Gasteiger partial charge in [0, 0.05) is 17.2 Å². The summed E-state index contributed by atoms with van der Waals surface area (Å²) in [5, 5.41) is 4.48. The van der Waals surface area contributed by atoms with Gasteiger partial charge in [0.25, 0.3) is 5.91 Å². The van der Waals surface area contributed by atoms with Crippen LogP contribution in [0.1, 0.15) is 47.5 Å². The summed E-state index contributed by atoms with van der Waals surface area (Å²) in [6.07, 6.45) is 4.18. The number of benzene rings is 2. The Labute approximate surface area is 165 Å². The lowest BCUT2D eigenvalue weighted by Crippen LogP contribution is -2.24. The van der Waals surface area contributed by atoms with E-state index in [-0.39, 0.29) is 11.8 Å². The number of rotatable bonds is 6. The molecule has 1 aliphatic rings. The summed E-state index contributed by atoms with van der Waals surface area (Å²) in [6, 6.07) is 13.6. The zero-order valence-corrected chi connectivity index (χ0v) is 16.5. The molecular weight excluding hydrogens is 356 g/mol. The number of ether oxygens (including phenoxy) is 3. The zero-order chi connectivity index (χ0) is 19.9. The quantitative estimate of drug-likeness (QED) is 0.762. The van der Waals surface area contributed by atoms with Gasteiger partial charge >= 0.3 is 0 Å². The van der Waals surface area contributed by atoms with E-state index in [0.29, 0.717) is 22.8 Å². The van der Waals surface area contributed by atoms with Gasteiger partial charge in [-0.05, 0) is 37.0 Å². The first-order chi connectivity index (χ1) is 13.7. The molecular formula is C22H26N2O4. The molecule has 1 saturated carbocycles. The summed E-state index contributed by atoms with van der Waals surface area (Å²) in [5.74, 6) is 1.24. The molecule has 1 N–H and O–H groups in total. The van der Waals surface area contributed by atoms with Gasteiger partial charge in [-0.3, -0.25) is 4.79 Å². The van der Waals surface area contributed by atoms with E-state index in [1.165, 1.54) is 33.3 Å². The van der Waals surface area contributed by atoms with Gasteiger partial charge in [-0.1, -0.05) is 36.8 Å². The second kappa shape index (κ2) is 9.26. The van der Waals surface area contributed by atoms with Crippen molar-refractivity contribution in [3.63, 3.8) is 0 Å². The number of hydrogen-bond donors (Lipinski definition) is 1. The van der Waals surface area contributed by atoms with E-state index < -0.39 is 0 Å². The molecule has 6 heteroatoms.